The molecular formula is C23H27N3O6S. The minimum absolute atomic E-state index is 0.158. The lowest BCUT2D eigenvalue weighted by molar-refractivity contribution is -0.125. The molecule has 0 aliphatic carbocycles. The third kappa shape index (κ3) is 4.73. The molecule has 9 nitrogen and oxygen atoms in total. The molecule has 0 unspecified atom stereocenters. The van der Waals surface area contributed by atoms with Crippen LogP contribution in [-0.4, -0.2) is 64.0 Å². The maximum Gasteiger partial charge on any atom is 0.243 e. The molecule has 1 atom stereocenters. The molecular weight excluding hydrogens is 446 g/mol. The van der Waals surface area contributed by atoms with E-state index in [2.05, 4.69) is 5.32 Å². The van der Waals surface area contributed by atoms with Crippen LogP contribution >= 0.6 is 0 Å². The molecule has 0 spiro atoms. The van der Waals surface area contributed by atoms with E-state index in [1.165, 1.54) is 22.2 Å². The fourth-order valence-corrected chi connectivity index (χ4v) is 5.63. The van der Waals surface area contributed by atoms with Gasteiger partial charge in [0.05, 0.1) is 25.2 Å². The van der Waals surface area contributed by atoms with Crippen LogP contribution in [-0.2, 0) is 37.3 Å². The number of hydrogen-bond donors (Lipinski definition) is 1. The molecule has 1 N–H and O–H groups in total. The SMILES string of the molecule is COc1ccc(CNC(=O)[C@@H]2Cc3cc(S(=O)(=O)N4CCOCC4)ccc3N2C(C)=O)cc1. The van der Waals surface area contributed by atoms with Gasteiger partial charge in [0.25, 0.3) is 0 Å². The summed E-state index contributed by atoms with van der Waals surface area (Å²) in [6, 6.07) is 11.3. The molecule has 0 aromatic heterocycles. The van der Waals surface area contributed by atoms with Crippen LogP contribution in [0.2, 0.25) is 0 Å². The molecule has 4 rings (SSSR count). The van der Waals surface area contributed by atoms with Crippen LogP contribution < -0.4 is 15.0 Å². The van der Waals surface area contributed by atoms with Crippen molar-refractivity contribution < 1.29 is 27.5 Å². The Kier molecular flexibility index (Phi) is 6.68. The van der Waals surface area contributed by atoms with Crippen LogP contribution in [0.15, 0.2) is 47.4 Å². The molecule has 176 valence electrons. The second-order valence-electron chi connectivity index (χ2n) is 7.98. The Morgan fingerprint density at radius 3 is 2.45 bits per heavy atom. The Balaban J connectivity index is 1.52. The number of benzene rings is 2. The van der Waals surface area contributed by atoms with Gasteiger partial charge in [-0.3, -0.25) is 14.5 Å². The minimum Gasteiger partial charge on any atom is -0.497 e. The molecule has 2 aromatic carbocycles. The average molecular weight is 474 g/mol. The zero-order valence-corrected chi connectivity index (χ0v) is 19.4. The van der Waals surface area contributed by atoms with E-state index in [0.29, 0.717) is 44.1 Å². The van der Waals surface area contributed by atoms with Crippen molar-refractivity contribution in [3.63, 3.8) is 0 Å². The number of sulfonamides is 1. The first-order chi connectivity index (χ1) is 15.8. The maximum atomic E-state index is 13.0. The van der Waals surface area contributed by atoms with Gasteiger partial charge in [-0.25, -0.2) is 8.42 Å². The van der Waals surface area contributed by atoms with Crippen molar-refractivity contribution in [2.75, 3.05) is 38.3 Å². The first kappa shape index (κ1) is 23.2. The highest BCUT2D eigenvalue weighted by Gasteiger charge is 2.38. The summed E-state index contributed by atoms with van der Waals surface area (Å²) in [7, 11) is -2.09. The Morgan fingerprint density at radius 1 is 1.12 bits per heavy atom. The highest BCUT2D eigenvalue weighted by Crippen LogP contribution is 2.35. The van der Waals surface area contributed by atoms with Crippen LogP contribution in [0.5, 0.6) is 5.75 Å². The number of ether oxygens (including phenoxy) is 2. The Hall–Kier alpha value is -2.95. The zero-order chi connectivity index (χ0) is 23.6. The van der Waals surface area contributed by atoms with Crippen LogP contribution in [0, 0.1) is 0 Å². The Morgan fingerprint density at radius 2 is 1.82 bits per heavy atom. The monoisotopic (exact) mass is 473 g/mol. The van der Waals surface area contributed by atoms with E-state index in [4.69, 9.17) is 9.47 Å². The molecule has 2 heterocycles. The molecule has 10 heteroatoms. The van der Waals surface area contributed by atoms with Crippen molar-refractivity contribution in [2.24, 2.45) is 0 Å². The first-order valence-electron chi connectivity index (χ1n) is 10.7. The van der Waals surface area contributed by atoms with Crippen molar-refractivity contribution in [1.29, 1.82) is 0 Å². The van der Waals surface area contributed by atoms with E-state index in [1.54, 1.807) is 19.2 Å². The van der Waals surface area contributed by atoms with Gasteiger partial charge < -0.3 is 14.8 Å². The van der Waals surface area contributed by atoms with E-state index in [0.717, 1.165) is 11.3 Å². The van der Waals surface area contributed by atoms with Crippen LogP contribution in [0.25, 0.3) is 0 Å². The van der Waals surface area contributed by atoms with Crippen molar-refractivity contribution in [3.8, 4) is 5.75 Å². The number of hydrogen-bond acceptors (Lipinski definition) is 6. The van der Waals surface area contributed by atoms with Gasteiger partial charge in [0, 0.05) is 38.7 Å². The van der Waals surface area contributed by atoms with Gasteiger partial charge in [-0.05, 0) is 41.5 Å². The summed E-state index contributed by atoms with van der Waals surface area (Å²) in [6.45, 7) is 3.03. The minimum atomic E-state index is -3.67. The van der Waals surface area contributed by atoms with Crippen LogP contribution in [0.3, 0.4) is 0 Å². The van der Waals surface area contributed by atoms with E-state index < -0.39 is 16.1 Å². The molecule has 0 saturated carbocycles. The van der Waals surface area contributed by atoms with E-state index in [-0.39, 0.29) is 23.1 Å². The Bertz CT molecular complexity index is 1140. The van der Waals surface area contributed by atoms with Gasteiger partial charge in [-0.1, -0.05) is 12.1 Å². The molecule has 0 radical (unpaired) electrons. The highest BCUT2D eigenvalue weighted by atomic mass is 32.2. The molecule has 2 amide bonds. The van der Waals surface area contributed by atoms with Crippen molar-refractivity contribution >= 4 is 27.5 Å². The molecule has 1 saturated heterocycles. The standard InChI is InChI=1S/C23H27N3O6S/c1-16(27)26-21-8-7-20(33(29,30)25-9-11-32-12-10-25)13-18(21)14-22(26)23(28)24-15-17-3-5-19(31-2)6-4-17/h3-8,13,22H,9-12,14-15H2,1-2H3,(H,24,28)/t22-/m0/s1. The van der Waals surface area contributed by atoms with E-state index >= 15 is 0 Å². The number of methoxy groups -OCH3 is 1. The summed E-state index contributed by atoms with van der Waals surface area (Å²) < 4.78 is 37.8. The van der Waals surface area contributed by atoms with Gasteiger partial charge in [0.15, 0.2) is 0 Å². The van der Waals surface area contributed by atoms with Gasteiger partial charge in [0.2, 0.25) is 21.8 Å². The zero-order valence-electron chi connectivity index (χ0n) is 18.6. The number of fused-ring (bicyclic) bond motifs is 1. The summed E-state index contributed by atoms with van der Waals surface area (Å²) in [5.41, 5.74) is 2.12. The highest BCUT2D eigenvalue weighted by molar-refractivity contribution is 7.89. The van der Waals surface area contributed by atoms with Gasteiger partial charge >= 0.3 is 0 Å². The number of carbonyl (C=O) groups is 2. The Labute approximate surface area is 193 Å². The second kappa shape index (κ2) is 9.50. The smallest absolute Gasteiger partial charge is 0.243 e. The van der Waals surface area contributed by atoms with E-state index in [1.807, 2.05) is 24.3 Å². The number of anilines is 1. The normalized spacial score (nSPS) is 18.6. The molecule has 2 aromatic rings. The van der Waals surface area contributed by atoms with E-state index in [9.17, 15) is 18.0 Å². The lowest BCUT2D eigenvalue weighted by Crippen LogP contribution is -2.47. The maximum absolute atomic E-state index is 13.0. The van der Waals surface area contributed by atoms with Gasteiger partial charge in [-0.2, -0.15) is 4.31 Å². The molecule has 1 fully saturated rings. The number of morpholine rings is 1. The summed E-state index contributed by atoms with van der Waals surface area (Å²) in [6.07, 6.45) is 0.246. The van der Waals surface area contributed by atoms with Crippen molar-refractivity contribution in [2.45, 2.75) is 30.8 Å². The molecule has 0 bridgehead atoms. The van der Waals surface area contributed by atoms with Crippen LogP contribution in [0.1, 0.15) is 18.1 Å². The summed E-state index contributed by atoms with van der Waals surface area (Å²) in [5, 5.41) is 2.88. The summed E-state index contributed by atoms with van der Waals surface area (Å²) in [5.74, 6) is 0.152. The predicted molar refractivity (Wildman–Crippen MR) is 122 cm³/mol. The second-order valence-corrected chi connectivity index (χ2v) is 9.92. The van der Waals surface area contributed by atoms with Gasteiger partial charge in [-0.15, -0.1) is 0 Å². The average Bonchev–Trinajstić information content (AvgIpc) is 3.22. The number of nitrogens with one attached hydrogen (secondary N) is 1. The number of carbonyl (C=O) groups excluding carboxylic acids is 2. The fourth-order valence-electron chi connectivity index (χ4n) is 4.17. The molecule has 2 aliphatic heterocycles. The third-order valence-electron chi connectivity index (χ3n) is 5.91. The topological polar surface area (TPSA) is 105 Å². The lowest BCUT2D eigenvalue weighted by atomic mass is 10.1. The predicted octanol–water partition coefficient (Wildman–Crippen LogP) is 1.31. The number of amides is 2. The third-order valence-corrected chi connectivity index (χ3v) is 7.81. The van der Waals surface area contributed by atoms with Crippen LogP contribution in [0.4, 0.5) is 5.69 Å². The largest absolute Gasteiger partial charge is 0.497 e. The number of rotatable bonds is 6. The van der Waals surface area contributed by atoms with Gasteiger partial charge in [0.1, 0.15) is 11.8 Å². The molecule has 2 aliphatic rings. The van der Waals surface area contributed by atoms with Crippen molar-refractivity contribution in [1.82, 2.24) is 9.62 Å². The van der Waals surface area contributed by atoms with Crippen molar-refractivity contribution in [3.05, 3.63) is 53.6 Å². The quantitative estimate of drug-likeness (QED) is 0.678. The first-order valence-corrected chi connectivity index (χ1v) is 12.2. The summed E-state index contributed by atoms with van der Waals surface area (Å²) in [4.78, 5) is 27.0. The summed E-state index contributed by atoms with van der Waals surface area (Å²) >= 11 is 0. The number of nitrogens with zero attached hydrogens (tertiary/aromatic N) is 2. The molecule has 33 heavy (non-hydrogen) atoms. The fraction of sp³-hybridized carbons (Fsp3) is 0.391. The lowest BCUT2D eigenvalue weighted by Gasteiger charge is -2.26.